The van der Waals surface area contributed by atoms with Gasteiger partial charge in [0.1, 0.15) is 11.6 Å². The second-order valence-corrected chi connectivity index (χ2v) is 9.03. The molecule has 3 aromatic rings. The van der Waals surface area contributed by atoms with Gasteiger partial charge in [-0.05, 0) is 29.8 Å². The molecule has 0 N–H and O–H groups in total. The molecule has 0 radical (unpaired) electrons. The summed E-state index contributed by atoms with van der Waals surface area (Å²) in [5, 5.41) is 0. The first-order chi connectivity index (χ1) is 16.7. The molecule has 0 bridgehead atoms. The fraction of sp³-hybridized carbons (Fsp3) is 0.370. The van der Waals surface area contributed by atoms with Crippen LogP contribution in [0.4, 0.5) is 10.1 Å². The smallest absolute Gasteiger partial charge is 0.289 e. The minimum absolute atomic E-state index is 0.0324. The molecule has 6 nitrogen and oxygen atoms in total. The van der Waals surface area contributed by atoms with E-state index in [4.69, 9.17) is 4.42 Å². The van der Waals surface area contributed by atoms with E-state index >= 15 is 0 Å². The Hall–Kier alpha value is -3.16. The molecule has 1 amide bonds. The lowest BCUT2D eigenvalue weighted by Crippen LogP contribution is -2.48. The molecule has 2 aliphatic heterocycles. The average molecular weight is 463 g/mol. The van der Waals surface area contributed by atoms with Gasteiger partial charge in [0.25, 0.3) is 5.91 Å². The van der Waals surface area contributed by atoms with Crippen LogP contribution in [0.15, 0.2) is 71.1 Å². The maximum atomic E-state index is 14.1. The van der Waals surface area contributed by atoms with Crippen molar-refractivity contribution in [1.82, 2.24) is 14.7 Å². The first-order valence-corrected chi connectivity index (χ1v) is 12.0. The van der Waals surface area contributed by atoms with E-state index in [0.717, 1.165) is 51.6 Å². The van der Waals surface area contributed by atoms with Crippen molar-refractivity contribution in [2.75, 3.05) is 57.3 Å². The molecule has 34 heavy (non-hydrogen) atoms. The van der Waals surface area contributed by atoms with Gasteiger partial charge in [0.2, 0.25) is 0 Å². The molecule has 0 saturated carbocycles. The fourth-order valence-corrected chi connectivity index (χ4v) is 4.76. The van der Waals surface area contributed by atoms with E-state index in [9.17, 15) is 9.18 Å². The summed E-state index contributed by atoms with van der Waals surface area (Å²) >= 11 is 0. The summed E-state index contributed by atoms with van der Waals surface area (Å²) in [6.45, 7) is 7.88. The third kappa shape index (κ3) is 5.32. The Morgan fingerprint density at radius 1 is 0.735 bits per heavy atom. The van der Waals surface area contributed by atoms with Crippen LogP contribution in [0.3, 0.4) is 0 Å². The maximum Gasteiger partial charge on any atom is 0.289 e. The molecule has 5 rings (SSSR count). The first kappa shape index (κ1) is 22.6. The van der Waals surface area contributed by atoms with E-state index in [2.05, 4.69) is 39.0 Å². The highest BCUT2D eigenvalue weighted by molar-refractivity contribution is 5.91. The van der Waals surface area contributed by atoms with Crippen molar-refractivity contribution in [3.63, 3.8) is 0 Å². The van der Waals surface area contributed by atoms with E-state index in [1.807, 2.05) is 29.2 Å². The number of hydrogen-bond donors (Lipinski definition) is 0. The number of anilines is 1. The van der Waals surface area contributed by atoms with Crippen molar-refractivity contribution in [1.29, 1.82) is 0 Å². The SMILES string of the molecule is O=C(c1ccc(CN2CCN(c3ccccc3F)CC2)o1)N1CCN(Cc2ccccc2)CC1. The van der Waals surface area contributed by atoms with Crippen LogP contribution in [0.1, 0.15) is 21.9 Å². The summed E-state index contributed by atoms with van der Waals surface area (Å²) in [5.74, 6) is 1.00. The van der Waals surface area contributed by atoms with Crippen molar-refractivity contribution < 1.29 is 13.6 Å². The van der Waals surface area contributed by atoms with E-state index in [-0.39, 0.29) is 11.7 Å². The molecule has 178 valence electrons. The number of halogens is 1. The monoisotopic (exact) mass is 462 g/mol. The molecule has 2 aliphatic rings. The minimum atomic E-state index is -0.175. The maximum absolute atomic E-state index is 14.1. The normalized spacial score (nSPS) is 17.8. The molecule has 3 heterocycles. The van der Waals surface area contributed by atoms with Gasteiger partial charge in [0.15, 0.2) is 5.76 Å². The van der Waals surface area contributed by atoms with E-state index in [1.165, 1.54) is 11.6 Å². The average Bonchev–Trinajstić information content (AvgIpc) is 3.34. The van der Waals surface area contributed by atoms with Crippen LogP contribution < -0.4 is 4.90 Å². The first-order valence-electron chi connectivity index (χ1n) is 12.0. The van der Waals surface area contributed by atoms with Crippen LogP contribution in [-0.2, 0) is 13.1 Å². The summed E-state index contributed by atoms with van der Waals surface area (Å²) in [4.78, 5) is 21.6. The predicted octanol–water partition coefficient (Wildman–Crippen LogP) is 3.70. The van der Waals surface area contributed by atoms with Crippen molar-refractivity contribution in [3.05, 3.63) is 89.6 Å². The van der Waals surface area contributed by atoms with E-state index in [0.29, 0.717) is 31.1 Å². The third-order valence-corrected chi connectivity index (χ3v) is 6.73. The number of amides is 1. The number of para-hydroxylation sites is 1. The van der Waals surface area contributed by atoms with E-state index < -0.39 is 0 Å². The van der Waals surface area contributed by atoms with Gasteiger partial charge in [-0.3, -0.25) is 14.6 Å². The van der Waals surface area contributed by atoms with Crippen LogP contribution in [0, 0.1) is 5.82 Å². The number of benzene rings is 2. The van der Waals surface area contributed by atoms with Gasteiger partial charge in [-0.1, -0.05) is 42.5 Å². The molecule has 7 heteroatoms. The summed E-state index contributed by atoms with van der Waals surface area (Å²) in [5.41, 5.74) is 1.96. The van der Waals surface area contributed by atoms with Crippen molar-refractivity contribution >= 4 is 11.6 Å². The number of carbonyl (C=O) groups is 1. The third-order valence-electron chi connectivity index (χ3n) is 6.73. The Morgan fingerprint density at radius 2 is 1.38 bits per heavy atom. The number of carbonyl (C=O) groups excluding carboxylic acids is 1. The van der Waals surface area contributed by atoms with Crippen LogP contribution in [0.2, 0.25) is 0 Å². The largest absolute Gasteiger partial charge is 0.455 e. The van der Waals surface area contributed by atoms with Gasteiger partial charge >= 0.3 is 0 Å². The number of piperazine rings is 2. The number of hydrogen-bond acceptors (Lipinski definition) is 5. The number of nitrogens with zero attached hydrogens (tertiary/aromatic N) is 4. The Bertz CT molecular complexity index is 1090. The lowest BCUT2D eigenvalue weighted by Gasteiger charge is -2.35. The lowest BCUT2D eigenvalue weighted by molar-refractivity contribution is 0.0594. The molecule has 2 fully saturated rings. The zero-order chi connectivity index (χ0) is 23.3. The molecule has 0 unspecified atom stereocenters. The van der Waals surface area contributed by atoms with Gasteiger partial charge in [0, 0.05) is 58.9 Å². The highest BCUT2D eigenvalue weighted by Crippen LogP contribution is 2.21. The van der Waals surface area contributed by atoms with Crippen LogP contribution in [0.25, 0.3) is 0 Å². The van der Waals surface area contributed by atoms with Gasteiger partial charge in [0.05, 0.1) is 12.2 Å². The summed E-state index contributed by atoms with van der Waals surface area (Å²) in [6.07, 6.45) is 0. The predicted molar refractivity (Wildman–Crippen MR) is 130 cm³/mol. The second kappa shape index (κ2) is 10.4. The Labute approximate surface area is 200 Å². The Kier molecular flexibility index (Phi) is 6.92. The highest BCUT2D eigenvalue weighted by atomic mass is 19.1. The molecule has 1 aromatic heterocycles. The topological polar surface area (TPSA) is 43.2 Å². The quantitative estimate of drug-likeness (QED) is 0.559. The molecule has 2 saturated heterocycles. The zero-order valence-corrected chi connectivity index (χ0v) is 19.4. The van der Waals surface area contributed by atoms with Gasteiger partial charge < -0.3 is 14.2 Å². The molecule has 0 atom stereocenters. The molecule has 2 aromatic carbocycles. The zero-order valence-electron chi connectivity index (χ0n) is 19.4. The van der Waals surface area contributed by atoms with Crippen molar-refractivity contribution in [2.24, 2.45) is 0 Å². The second-order valence-electron chi connectivity index (χ2n) is 9.03. The van der Waals surface area contributed by atoms with Crippen molar-refractivity contribution in [3.8, 4) is 0 Å². The Morgan fingerprint density at radius 3 is 2.12 bits per heavy atom. The van der Waals surface area contributed by atoms with Crippen LogP contribution in [0.5, 0.6) is 0 Å². The van der Waals surface area contributed by atoms with Crippen LogP contribution in [-0.4, -0.2) is 73.0 Å². The summed E-state index contributed by atoms with van der Waals surface area (Å²) in [7, 11) is 0. The minimum Gasteiger partial charge on any atom is -0.455 e. The van der Waals surface area contributed by atoms with E-state index in [1.54, 1.807) is 12.1 Å². The fourth-order valence-electron chi connectivity index (χ4n) is 4.76. The van der Waals surface area contributed by atoms with Gasteiger partial charge in [-0.2, -0.15) is 0 Å². The highest BCUT2D eigenvalue weighted by Gasteiger charge is 2.25. The number of furan rings is 1. The lowest BCUT2D eigenvalue weighted by atomic mass is 10.2. The molecular formula is C27H31FN4O2. The van der Waals surface area contributed by atoms with Gasteiger partial charge in [-0.25, -0.2) is 4.39 Å². The van der Waals surface area contributed by atoms with Gasteiger partial charge in [-0.15, -0.1) is 0 Å². The molecule has 0 aliphatic carbocycles. The summed E-state index contributed by atoms with van der Waals surface area (Å²) < 4.78 is 20.0. The van der Waals surface area contributed by atoms with Crippen molar-refractivity contribution in [2.45, 2.75) is 13.1 Å². The number of rotatable bonds is 6. The molecular weight excluding hydrogens is 431 g/mol. The standard InChI is InChI=1S/C27H31FN4O2/c28-24-8-4-5-9-25(24)31-16-12-30(13-17-31)21-23-10-11-26(34-23)27(33)32-18-14-29(15-19-32)20-22-6-2-1-3-7-22/h1-11H,12-21H2. The molecule has 0 spiro atoms. The van der Waals surface area contributed by atoms with Crippen LogP contribution >= 0.6 is 0 Å². The Balaban J connectivity index is 1.09. The summed E-state index contributed by atoms with van der Waals surface area (Å²) in [6, 6.07) is 21.1.